The zero-order valence-electron chi connectivity index (χ0n) is 13.3. The predicted octanol–water partition coefficient (Wildman–Crippen LogP) is 5.14. The molecular formula is C21H15BrO3. The van der Waals surface area contributed by atoms with Crippen LogP contribution in [0.4, 0.5) is 0 Å². The largest absolute Gasteiger partial charge is 0.482 e. The van der Waals surface area contributed by atoms with Gasteiger partial charge in [-0.25, -0.2) is 4.79 Å². The molecule has 3 aromatic carbocycles. The molecule has 0 spiro atoms. The monoisotopic (exact) mass is 394 g/mol. The minimum absolute atomic E-state index is 0.128. The van der Waals surface area contributed by atoms with Crippen LogP contribution in [-0.4, -0.2) is 12.6 Å². The van der Waals surface area contributed by atoms with Gasteiger partial charge in [0.05, 0.1) is 0 Å². The molecule has 0 saturated carbocycles. The topological polar surface area (TPSA) is 35.5 Å². The summed E-state index contributed by atoms with van der Waals surface area (Å²) in [5.41, 5.74) is 4.26. The molecule has 0 amide bonds. The molecule has 0 bridgehead atoms. The first kappa shape index (κ1) is 15.9. The second-order valence-corrected chi connectivity index (χ2v) is 6.71. The van der Waals surface area contributed by atoms with Crippen molar-refractivity contribution in [2.75, 3.05) is 6.61 Å². The quantitative estimate of drug-likeness (QED) is 0.574. The van der Waals surface area contributed by atoms with Gasteiger partial charge in [-0.2, -0.15) is 0 Å². The predicted molar refractivity (Wildman–Crippen MR) is 99.5 cm³/mol. The van der Waals surface area contributed by atoms with Gasteiger partial charge in [-0.15, -0.1) is 0 Å². The number of carbonyl (C=O) groups is 1. The Kier molecular flexibility index (Phi) is 4.28. The van der Waals surface area contributed by atoms with E-state index in [2.05, 4.69) is 28.1 Å². The van der Waals surface area contributed by atoms with Gasteiger partial charge in [-0.05, 0) is 29.3 Å². The van der Waals surface area contributed by atoms with E-state index >= 15 is 0 Å². The zero-order chi connectivity index (χ0) is 17.2. The summed E-state index contributed by atoms with van der Waals surface area (Å²) in [5.74, 6) is 0.232. The number of ether oxygens (including phenoxy) is 2. The van der Waals surface area contributed by atoms with Crippen molar-refractivity contribution in [1.82, 2.24) is 0 Å². The highest BCUT2D eigenvalue weighted by Gasteiger charge is 2.30. The Balaban J connectivity index is 1.51. The summed E-state index contributed by atoms with van der Waals surface area (Å²) in [6.07, 6.45) is -0.383. The minimum atomic E-state index is -0.392. The molecule has 0 saturated heterocycles. The summed E-state index contributed by atoms with van der Waals surface area (Å²) in [6.45, 7) is -0.128. The van der Waals surface area contributed by atoms with Crippen molar-refractivity contribution < 1.29 is 14.3 Å². The highest BCUT2D eigenvalue weighted by molar-refractivity contribution is 9.10. The molecule has 4 rings (SSSR count). The molecule has 0 fully saturated rings. The Labute approximate surface area is 154 Å². The maximum Gasteiger partial charge on any atom is 0.345 e. The number of benzene rings is 3. The van der Waals surface area contributed by atoms with E-state index in [1.165, 1.54) is 0 Å². The van der Waals surface area contributed by atoms with E-state index in [0.717, 1.165) is 26.7 Å². The van der Waals surface area contributed by atoms with E-state index < -0.39 is 5.97 Å². The molecular weight excluding hydrogens is 380 g/mol. The van der Waals surface area contributed by atoms with E-state index in [0.29, 0.717) is 5.75 Å². The molecule has 0 unspecified atom stereocenters. The van der Waals surface area contributed by atoms with Gasteiger partial charge in [0, 0.05) is 15.6 Å². The van der Waals surface area contributed by atoms with Crippen LogP contribution in [0.5, 0.6) is 5.75 Å². The number of esters is 1. The summed E-state index contributed by atoms with van der Waals surface area (Å²) in [6, 6.07) is 23.4. The molecule has 3 nitrogen and oxygen atoms in total. The van der Waals surface area contributed by atoms with Gasteiger partial charge in [-0.1, -0.05) is 70.5 Å². The third-order valence-corrected chi connectivity index (χ3v) is 4.67. The third-order valence-electron chi connectivity index (χ3n) is 4.18. The van der Waals surface area contributed by atoms with Gasteiger partial charge < -0.3 is 9.47 Å². The Morgan fingerprint density at radius 3 is 2.16 bits per heavy atom. The van der Waals surface area contributed by atoms with Crippen LogP contribution < -0.4 is 4.74 Å². The number of hydrogen-bond donors (Lipinski definition) is 0. The molecule has 124 valence electrons. The van der Waals surface area contributed by atoms with Crippen molar-refractivity contribution in [3.8, 4) is 16.9 Å². The van der Waals surface area contributed by atoms with Crippen LogP contribution in [0.3, 0.4) is 0 Å². The van der Waals surface area contributed by atoms with Gasteiger partial charge in [0.1, 0.15) is 5.75 Å². The van der Waals surface area contributed by atoms with Crippen molar-refractivity contribution in [3.63, 3.8) is 0 Å². The summed E-state index contributed by atoms with van der Waals surface area (Å²) in [4.78, 5) is 12.3. The van der Waals surface area contributed by atoms with Gasteiger partial charge in [0.15, 0.2) is 12.7 Å². The number of halogens is 1. The normalized spacial score (nSPS) is 12.4. The van der Waals surface area contributed by atoms with Crippen LogP contribution in [0, 0.1) is 0 Å². The Hall–Kier alpha value is -2.59. The van der Waals surface area contributed by atoms with E-state index in [1.807, 2.05) is 54.6 Å². The third kappa shape index (κ3) is 3.17. The fraction of sp³-hybridized carbons (Fsp3) is 0.0952. The van der Waals surface area contributed by atoms with E-state index in [-0.39, 0.29) is 12.7 Å². The lowest BCUT2D eigenvalue weighted by molar-refractivity contribution is -0.149. The Morgan fingerprint density at radius 1 is 0.880 bits per heavy atom. The minimum Gasteiger partial charge on any atom is -0.482 e. The Morgan fingerprint density at radius 2 is 1.52 bits per heavy atom. The van der Waals surface area contributed by atoms with Crippen LogP contribution in [0.2, 0.25) is 0 Å². The van der Waals surface area contributed by atoms with Crippen LogP contribution >= 0.6 is 15.9 Å². The lowest BCUT2D eigenvalue weighted by Gasteiger charge is -2.15. The summed E-state index contributed by atoms with van der Waals surface area (Å²) >= 11 is 3.38. The van der Waals surface area contributed by atoms with Gasteiger partial charge in [0.25, 0.3) is 0 Å². The van der Waals surface area contributed by atoms with Crippen LogP contribution in [0.1, 0.15) is 17.2 Å². The molecule has 0 N–H and O–H groups in total. The van der Waals surface area contributed by atoms with Gasteiger partial charge in [0.2, 0.25) is 0 Å². The average molecular weight is 395 g/mol. The lowest BCUT2D eigenvalue weighted by Crippen LogP contribution is -2.18. The number of carbonyl (C=O) groups excluding carboxylic acids is 1. The van der Waals surface area contributed by atoms with Crippen molar-refractivity contribution in [3.05, 3.63) is 88.4 Å². The first-order chi connectivity index (χ1) is 12.2. The van der Waals surface area contributed by atoms with Gasteiger partial charge in [-0.3, -0.25) is 0 Å². The molecule has 0 aliphatic heterocycles. The highest BCUT2D eigenvalue weighted by Crippen LogP contribution is 2.45. The van der Waals surface area contributed by atoms with Crippen molar-refractivity contribution >= 4 is 21.9 Å². The second-order valence-electron chi connectivity index (χ2n) is 5.79. The number of rotatable bonds is 4. The molecule has 0 atom stereocenters. The molecule has 1 aliphatic rings. The SMILES string of the molecule is O=C(COc1cccc(Br)c1)OC1c2ccccc2-c2ccccc21. The fourth-order valence-electron chi connectivity index (χ4n) is 3.10. The molecule has 3 aromatic rings. The average Bonchev–Trinajstić information content (AvgIpc) is 2.95. The zero-order valence-corrected chi connectivity index (χ0v) is 14.9. The maximum atomic E-state index is 12.3. The van der Waals surface area contributed by atoms with Crippen molar-refractivity contribution in [1.29, 1.82) is 0 Å². The van der Waals surface area contributed by atoms with Gasteiger partial charge >= 0.3 is 5.97 Å². The van der Waals surface area contributed by atoms with Crippen molar-refractivity contribution in [2.24, 2.45) is 0 Å². The first-order valence-corrected chi connectivity index (χ1v) is 8.78. The smallest absolute Gasteiger partial charge is 0.345 e. The van der Waals surface area contributed by atoms with Crippen LogP contribution in [-0.2, 0) is 9.53 Å². The molecule has 1 aliphatic carbocycles. The first-order valence-electron chi connectivity index (χ1n) is 7.98. The molecule has 25 heavy (non-hydrogen) atoms. The van der Waals surface area contributed by atoms with Crippen LogP contribution in [0.15, 0.2) is 77.3 Å². The number of hydrogen-bond acceptors (Lipinski definition) is 3. The van der Waals surface area contributed by atoms with E-state index in [4.69, 9.17) is 9.47 Å². The van der Waals surface area contributed by atoms with E-state index in [9.17, 15) is 4.79 Å². The second kappa shape index (κ2) is 6.73. The molecule has 0 radical (unpaired) electrons. The summed E-state index contributed by atoms with van der Waals surface area (Å²) < 4.78 is 12.2. The summed E-state index contributed by atoms with van der Waals surface area (Å²) in [7, 11) is 0. The van der Waals surface area contributed by atoms with Crippen LogP contribution in [0.25, 0.3) is 11.1 Å². The molecule has 0 heterocycles. The summed E-state index contributed by atoms with van der Waals surface area (Å²) in [5, 5.41) is 0. The number of fused-ring (bicyclic) bond motifs is 3. The molecule has 4 heteroatoms. The fourth-order valence-corrected chi connectivity index (χ4v) is 3.48. The highest BCUT2D eigenvalue weighted by atomic mass is 79.9. The standard InChI is InChI=1S/C21H15BrO3/c22-14-6-5-7-15(12-14)24-13-20(23)25-21-18-10-3-1-8-16(18)17-9-2-4-11-19(17)21/h1-12,21H,13H2. The lowest BCUT2D eigenvalue weighted by atomic mass is 10.1. The Bertz CT molecular complexity index is 890. The molecule has 0 aromatic heterocycles. The van der Waals surface area contributed by atoms with Crippen molar-refractivity contribution in [2.45, 2.75) is 6.10 Å². The maximum absolute atomic E-state index is 12.3. The van der Waals surface area contributed by atoms with E-state index in [1.54, 1.807) is 6.07 Å².